The molecule has 2 N–H and O–H groups in total. The zero-order valence-electron chi connectivity index (χ0n) is 10.9. The highest BCUT2D eigenvalue weighted by molar-refractivity contribution is 7.98. The fourth-order valence-electron chi connectivity index (χ4n) is 1.84. The Morgan fingerprint density at radius 1 is 1.50 bits per heavy atom. The van der Waals surface area contributed by atoms with Crippen molar-refractivity contribution in [3.8, 4) is 11.4 Å². The molecule has 0 saturated heterocycles. The Hall–Kier alpha value is -1.44. The van der Waals surface area contributed by atoms with E-state index in [1.54, 1.807) is 29.3 Å². The van der Waals surface area contributed by atoms with Gasteiger partial charge in [-0.25, -0.2) is 0 Å². The number of fused-ring (bicyclic) bond motifs is 1. The first-order valence-electron chi connectivity index (χ1n) is 6.19. The van der Waals surface area contributed by atoms with Crippen molar-refractivity contribution in [2.24, 2.45) is 5.73 Å². The van der Waals surface area contributed by atoms with Crippen LogP contribution in [0, 0.1) is 0 Å². The molecule has 0 radical (unpaired) electrons. The van der Waals surface area contributed by atoms with Crippen LogP contribution in [-0.2, 0) is 0 Å². The van der Waals surface area contributed by atoms with Gasteiger partial charge in [-0.1, -0.05) is 5.16 Å². The number of thioether (sulfide) groups is 1. The Morgan fingerprint density at radius 3 is 3.25 bits per heavy atom. The number of hydrogen-bond acceptors (Lipinski definition) is 7. The number of pyridine rings is 1. The summed E-state index contributed by atoms with van der Waals surface area (Å²) in [7, 11) is 0. The van der Waals surface area contributed by atoms with Gasteiger partial charge in [-0.2, -0.15) is 16.7 Å². The fourth-order valence-corrected chi connectivity index (χ4v) is 3.11. The van der Waals surface area contributed by atoms with Crippen LogP contribution in [0.15, 0.2) is 28.2 Å². The zero-order chi connectivity index (χ0) is 13.9. The summed E-state index contributed by atoms with van der Waals surface area (Å²) in [4.78, 5) is 8.75. The molecule has 0 fully saturated rings. The summed E-state index contributed by atoms with van der Waals surface area (Å²) in [6.07, 6.45) is 4.63. The molecule has 0 bridgehead atoms. The first-order valence-corrected chi connectivity index (χ1v) is 8.47. The summed E-state index contributed by atoms with van der Waals surface area (Å²) < 4.78 is 6.36. The van der Waals surface area contributed by atoms with E-state index in [-0.39, 0.29) is 6.04 Å². The normalized spacial score (nSPS) is 12.9. The molecule has 0 aromatic carbocycles. The first-order chi connectivity index (χ1) is 9.78. The molecule has 104 valence electrons. The Morgan fingerprint density at radius 2 is 2.40 bits per heavy atom. The van der Waals surface area contributed by atoms with Crippen LogP contribution in [-0.4, -0.2) is 27.1 Å². The monoisotopic (exact) mass is 306 g/mol. The van der Waals surface area contributed by atoms with Crippen molar-refractivity contribution in [1.82, 2.24) is 15.1 Å². The van der Waals surface area contributed by atoms with Gasteiger partial charge in [0.2, 0.25) is 11.7 Å². The van der Waals surface area contributed by atoms with E-state index in [0.29, 0.717) is 11.7 Å². The molecule has 20 heavy (non-hydrogen) atoms. The Kier molecular flexibility index (Phi) is 4.00. The molecule has 0 spiro atoms. The lowest BCUT2D eigenvalue weighted by Crippen LogP contribution is -2.11. The predicted molar refractivity (Wildman–Crippen MR) is 82.8 cm³/mol. The van der Waals surface area contributed by atoms with Gasteiger partial charge in [0, 0.05) is 11.8 Å². The van der Waals surface area contributed by atoms with Crippen LogP contribution in [0.4, 0.5) is 0 Å². The molecule has 0 saturated carbocycles. The highest BCUT2D eigenvalue weighted by Crippen LogP contribution is 2.25. The average molecular weight is 306 g/mol. The summed E-state index contributed by atoms with van der Waals surface area (Å²) >= 11 is 3.40. The van der Waals surface area contributed by atoms with Gasteiger partial charge in [0.05, 0.1) is 16.3 Å². The lowest BCUT2D eigenvalue weighted by Gasteiger charge is -2.03. The Balaban J connectivity index is 1.85. The van der Waals surface area contributed by atoms with E-state index in [0.717, 1.165) is 28.0 Å². The van der Waals surface area contributed by atoms with Crippen LogP contribution in [0.3, 0.4) is 0 Å². The number of hydrogen-bond donors (Lipinski definition) is 1. The third-order valence-corrected chi connectivity index (χ3v) is 4.45. The largest absolute Gasteiger partial charge is 0.337 e. The van der Waals surface area contributed by atoms with E-state index < -0.39 is 0 Å². The second-order valence-corrected chi connectivity index (χ2v) is 6.31. The van der Waals surface area contributed by atoms with Crippen molar-refractivity contribution >= 4 is 33.3 Å². The summed E-state index contributed by atoms with van der Waals surface area (Å²) in [5.74, 6) is 2.00. The van der Waals surface area contributed by atoms with Crippen molar-refractivity contribution in [1.29, 1.82) is 0 Å². The number of aromatic nitrogens is 3. The van der Waals surface area contributed by atoms with Gasteiger partial charge in [0.15, 0.2) is 0 Å². The maximum absolute atomic E-state index is 6.02. The molecule has 0 aliphatic heterocycles. The molecule has 3 aromatic rings. The molecule has 3 rings (SSSR count). The third-order valence-electron chi connectivity index (χ3n) is 2.95. The average Bonchev–Trinajstić information content (AvgIpc) is 3.12. The molecule has 3 aromatic heterocycles. The molecule has 1 unspecified atom stereocenters. The van der Waals surface area contributed by atoms with Gasteiger partial charge < -0.3 is 10.3 Å². The SMILES string of the molecule is CSCCC(N)c1nc(-c2cnc3ccsc3c2)no1. The molecule has 1 atom stereocenters. The second-order valence-electron chi connectivity index (χ2n) is 4.37. The molecule has 0 aliphatic carbocycles. The maximum Gasteiger partial charge on any atom is 0.243 e. The Bertz CT molecular complexity index is 709. The molecular weight excluding hydrogens is 292 g/mol. The van der Waals surface area contributed by atoms with Gasteiger partial charge in [0.1, 0.15) is 0 Å². The molecule has 7 heteroatoms. The summed E-state index contributed by atoms with van der Waals surface area (Å²) in [6, 6.07) is 3.81. The van der Waals surface area contributed by atoms with Crippen LogP contribution in [0.1, 0.15) is 18.4 Å². The number of rotatable bonds is 5. The van der Waals surface area contributed by atoms with E-state index in [2.05, 4.69) is 15.1 Å². The number of nitrogens with zero attached hydrogens (tertiary/aromatic N) is 3. The first kappa shape index (κ1) is 13.5. The van der Waals surface area contributed by atoms with Crippen molar-refractivity contribution in [2.45, 2.75) is 12.5 Å². The quantitative estimate of drug-likeness (QED) is 0.780. The van der Waals surface area contributed by atoms with Gasteiger partial charge in [-0.15, -0.1) is 11.3 Å². The molecule has 3 heterocycles. The number of nitrogens with two attached hydrogens (primary N) is 1. The standard InChI is InChI=1S/C13H14N4OS2/c1-19-4-2-9(14)13-16-12(17-18-13)8-6-11-10(15-7-8)3-5-20-11/h3,5-7,9H,2,4,14H2,1H3. The van der Waals surface area contributed by atoms with Crippen LogP contribution < -0.4 is 5.73 Å². The van der Waals surface area contributed by atoms with E-state index in [4.69, 9.17) is 10.3 Å². The van der Waals surface area contributed by atoms with Crippen molar-refractivity contribution < 1.29 is 4.52 Å². The van der Waals surface area contributed by atoms with Gasteiger partial charge in [0.25, 0.3) is 0 Å². The van der Waals surface area contributed by atoms with Crippen molar-refractivity contribution in [2.75, 3.05) is 12.0 Å². The highest BCUT2D eigenvalue weighted by Gasteiger charge is 2.15. The third kappa shape index (κ3) is 2.70. The summed E-state index contributed by atoms with van der Waals surface area (Å²) in [5, 5.41) is 6.01. The topological polar surface area (TPSA) is 77.8 Å². The molecule has 0 amide bonds. The van der Waals surface area contributed by atoms with E-state index in [1.807, 2.05) is 23.8 Å². The van der Waals surface area contributed by atoms with Crippen LogP contribution >= 0.6 is 23.1 Å². The van der Waals surface area contributed by atoms with Crippen LogP contribution in [0.5, 0.6) is 0 Å². The fraction of sp³-hybridized carbons (Fsp3) is 0.308. The van der Waals surface area contributed by atoms with Crippen LogP contribution in [0.25, 0.3) is 21.6 Å². The minimum absolute atomic E-state index is 0.206. The highest BCUT2D eigenvalue weighted by atomic mass is 32.2. The lowest BCUT2D eigenvalue weighted by atomic mass is 10.2. The number of thiophene rings is 1. The smallest absolute Gasteiger partial charge is 0.243 e. The summed E-state index contributed by atoms with van der Waals surface area (Å²) in [5.41, 5.74) is 7.86. The summed E-state index contributed by atoms with van der Waals surface area (Å²) in [6.45, 7) is 0. The van der Waals surface area contributed by atoms with Crippen molar-refractivity contribution in [3.05, 3.63) is 29.6 Å². The minimum Gasteiger partial charge on any atom is -0.337 e. The van der Waals surface area contributed by atoms with E-state index >= 15 is 0 Å². The molecule has 5 nitrogen and oxygen atoms in total. The van der Waals surface area contributed by atoms with Gasteiger partial charge in [-0.05, 0) is 35.9 Å². The predicted octanol–water partition coefficient (Wildman–Crippen LogP) is 3.10. The van der Waals surface area contributed by atoms with E-state index in [1.165, 1.54) is 0 Å². The second kappa shape index (κ2) is 5.90. The molecular formula is C13H14N4OS2. The van der Waals surface area contributed by atoms with Gasteiger partial charge >= 0.3 is 0 Å². The minimum atomic E-state index is -0.206. The van der Waals surface area contributed by atoms with E-state index in [9.17, 15) is 0 Å². The Labute approximate surface area is 124 Å². The van der Waals surface area contributed by atoms with Crippen molar-refractivity contribution in [3.63, 3.8) is 0 Å². The maximum atomic E-state index is 6.02. The molecule has 0 aliphatic rings. The lowest BCUT2D eigenvalue weighted by molar-refractivity contribution is 0.353. The zero-order valence-corrected chi connectivity index (χ0v) is 12.6. The van der Waals surface area contributed by atoms with Crippen LogP contribution in [0.2, 0.25) is 0 Å². The van der Waals surface area contributed by atoms with Gasteiger partial charge in [-0.3, -0.25) is 4.98 Å².